The molecule has 31 heavy (non-hydrogen) atoms. The zero-order valence-electron chi connectivity index (χ0n) is 15.9. The quantitative estimate of drug-likeness (QED) is 0.443. The number of sulfonamides is 1. The third kappa shape index (κ3) is 4.76. The third-order valence-electron chi connectivity index (χ3n) is 4.30. The van der Waals surface area contributed by atoms with Crippen LogP contribution in [0.5, 0.6) is 0 Å². The number of nitrogens with one attached hydrogen (secondary N) is 2. The van der Waals surface area contributed by atoms with Crippen LogP contribution in [0.15, 0.2) is 99.3 Å². The molecule has 156 valence electrons. The van der Waals surface area contributed by atoms with Crippen molar-refractivity contribution in [1.82, 2.24) is 4.83 Å². The van der Waals surface area contributed by atoms with E-state index in [1.807, 2.05) is 0 Å². The molecule has 0 fully saturated rings. The van der Waals surface area contributed by atoms with Crippen molar-refractivity contribution >= 4 is 44.2 Å². The number of halogens is 1. The van der Waals surface area contributed by atoms with Gasteiger partial charge >= 0.3 is 0 Å². The average molecular weight is 454 g/mol. The summed E-state index contributed by atoms with van der Waals surface area (Å²) in [6.45, 7) is 0. The number of para-hydroxylation sites is 1. The fourth-order valence-corrected chi connectivity index (χ4v) is 3.85. The van der Waals surface area contributed by atoms with Gasteiger partial charge in [-0.05, 0) is 42.5 Å². The first-order chi connectivity index (χ1) is 14.9. The van der Waals surface area contributed by atoms with E-state index in [4.69, 9.17) is 16.0 Å². The van der Waals surface area contributed by atoms with Crippen molar-refractivity contribution in [1.29, 1.82) is 0 Å². The molecule has 0 saturated heterocycles. The van der Waals surface area contributed by atoms with E-state index in [0.717, 1.165) is 0 Å². The molecular formula is C22H16ClN3O4S. The van der Waals surface area contributed by atoms with Crippen molar-refractivity contribution in [2.45, 2.75) is 4.90 Å². The number of carbonyl (C=O) groups is 1. The van der Waals surface area contributed by atoms with E-state index in [1.165, 1.54) is 12.1 Å². The van der Waals surface area contributed by atoms with Gasteiger partial charge in [-0.15, -0.1) is 5.10 Å². The van der Waals surface area contributed by atoms with E-state index in [1.54, 1.807) is 72.8 Å². The molecule has 0 bridgehead atoms. The molecule has 0 aliphatic heterocycles. The number of benzene rings is 3. The number of carbonyl (C=O) groups excluding carboxylic acids is 1. The van der Waals surface area contributed by atoms with Gasteiger partial charge in [-0.3, -0.25) is 4.79 Å². The minimum atomic E-state index is -3.94. The Bertz CT molecular complexity index is 1430. The predicted octanol–water partition coefficient (Wildman–Crippen LogP) is 4.13. The molecule has 4 aromatic rings. The average Bonchev–Trinajstić information content (AvgIpc) is 2.77. The Hall–Kier alpha value is -3.62. The molecule has 0 aliphatic rings. The Labute approximate surface area is 183 Å². The zero-order valence-corrected chi connectivity index (χ0v) is 17.5. The molecule has 4 rings (SSSR count). The van der Waals surface area contributed by atoms with Crippen LogP contribution >= 0.6 is 11.6 Å². The summed E-state index contributed by atoms with van der Waals surface area (Å²) in [4.78, 5) is 15.1. The van der Waals surface area contributed by atoms with Crippen LogP contribution < -0.4 is 15.7 Å². The van der Waals surface area contributed by atoms with Crippen LogP contribution in [0, 0.1) is 0 Å². The highest BCUT2D eigenvalue weighted by atomic mass is 35.5. The molecule has 1 heterocycles. The normalized spacial score (nSPS) is 12.0. The predicted molar refractivity (Wildman–Crippen MR) is 118 cm³/mol. The highest BCUT2D eigenvalue weighted by Gasteiger charge is 2.16. The number of anilines is 1. The molecular weight excluding hydrogens is 438 g/mol. The molecule has 9 heteroatoms. The van der Waals surface area contributed by atoms with Gasteiger partial charge in [0.1, 0.15) is 11.1 Å². The van der Waals surface area contributed by atoms with Gasteiger partial charge in [0.05, 0.1) is 4.90 Å². The van der Waals surface area contributed by atoms with Crippen LogP contribution in [-0.2, 0) is 10.0 Å². The van der Waals surface area contributed by atoms with Gasteiger partial charge in [0.25, 0.3) is 15.9 Å². The van der Waals surface area contributed by atoms with Crippen LogP contribution in [-0.4, -0.2) is 14.3 Å². The van der Waals surface area contributed by atoms with Crippen molar-refractivity contribution in [3.63, 3.8) is 0 Å². The molecule has 0 radical (unpaired) electrons. The zero-order chi connectivity index (χ0) is 21.8. The summed E-state index contributed by atoms with van der Waals surface area (Å²) in [5.74, 6) is -0.533. The van der Waals surface area contributed by atoms with Crippen molar-refractivity contribution < 1.29 is 17.6 Å². The largest absolute Gasteiger partial charge is 0.436 e. The first-order valence-corrected chi connectivity index (χ1v) is 11.0. The van der Waals surface area contributed by atoms with E-state index < -0.39 is 15.9 Å². The van der Waals surface area contributed by atoms with Gasteiger partial charge in [-0.25, -0.2) is 0 Å². The molecule has 0 spiro atoms. The summed E-state index contributed by atoms with van der Waals surface area (Å²) in [6.07, 6.45) is 0. The second kappa shape index (κ2) is 8.63. The highest BCUT2D eigenvalue weighted by molar-refractivity contribution is 7.89. The van der Waals surface area contributed by atoms with Gasteiger partial charge in [-0.2, -0.15) is 13.2 Å². The Kier molecular flexibility index (Phi) is 5.75. The maximum Gasteiger partial charge on any atom is 0.276 e. The Morgan fingerprint density at radius 2 is 1.65 bits per heavy atom. The standard InChI is InChI=1S/C22H16ClN3O4S/c23-16-8-6-9-17(14-16)24-21(27)19-13-15-7-4-5-12-20(15)30-22(19)25-26-31(28,29)18-10-2-1-3-11-18/h1-14,26H,(H,24,27)/b25-22-. The second-order valence-electron chi connectivity index (χ2n) is 6.49. The van der Waals surface area contributed by atoms with Gasteiger partial charge in [0.2, 0.25) is 5.55 Å². The lowest BCUT2D eigenvalue weighted by Gasteiger charge is -2.08. The molecule has 0 saturated carbocycles. The summed E-state index contributed by atoms with van der Waals surface area (Å²) < 4.78 is 30.8. The van der Waals surface area contributed by atoms with Crippen LogP contribution in [0.3, 0.4) is 0 Å². The number of amides is 1. The number of nitrogens with zero attached hydrogens (tertiary/aromatic N) is 1. The molecule has 3 aromatic carbocycles. The summed E-state index contributed by atoms with van der Waals surface area (Å²) in [5.41, 5.74) is 0.785. The molecule has 0 aliphatic carbocycles. The van der Waals surface area contributed by atoms with Crippen molar-refractivity contribution in [2.75, 3.05) is 5.32 Å². The summed E-state index contributed by atoms with van der Waals surface area (Å²) in [7, 11) is -3.94. The summed E-state index contributed by atoms with van der Waals surface area (Å²) in [5, 5.41) is 7.72. The molecule has 0 atom stereocenters. The summed E-state index contributed by atoms with van der Waals surface area (Å²) in [6, 6.07) is 23.0. The molecule has 1 aromatic heterocycles. The lowest BCUT2D eigenvalue weighted by atomic mass is 10.1. The van der Waals surface area contributed by atoms with Crippen LogP contribution in [0.1, 0.15) is 10.4 Å². The van der Waals surface area contributed by atoms with Crippen molar-refractivity contribution in [3.8, 4) is 0 Å². The van der Waals surface area contributed by atoms with Gasteiger partial charge in [0.15, 0.2) is 0 Å². The molecule has 2 N–H and O–H groups in total. The topological polar surface area (TPSA) is 101 Å². The lowest BCUT2D eigenvalue weighted by molar-refractivity contribution is 0.102. The monoisotopic (exact) mass is 453 g/mol. The minimum absolute atomic E-state index is 0.0319. The Morgan fingerprint density at radius 1 is 0.903 bits per heavy atom. The number of rotatable bonds is 5. The van der Waals surface area contributed by atoms with E-state index in [0.29, 0.717) is 21.7 Å². The van der Waals surface area contributed by atoms with E-state index in [-0.39, 0.29) is 16.0 Å². The first-order valence-electron chi connectivity index (χ1n) is 9.13. The van der Waals surface area contributed by atoms with Gasteiger partial charge < -0.3 is 9.73 Å². The Balaban J connectivity index is 1.76. The number of hydrogen-bond donors (Lipinski definition) is 2. The number of fused-ring (bicyclic) bond motifs is 1. The Morgan fingerprint density at radius 3 is 2.42 bits per heavy atom. The van der Waals surface area contributed by atoms with E-state index in [2.05, 4.69) is 15.2 Å². The molecule has 7 nitrogen and oxygen atoms in total. The SMILES string of the molecule is O=C(Nc1cccc(Cl)c1)c1cc2ccccc2o/c1=N\NS(=O)(=O)c1ccccc1. The lowest BCUT2D eigenvalue weighted by Crippen LogP contribution is -2.27. The van der Waals surface area contributed by atoms with Crippen LogP contribution in [0.25, 0.3) is 11.0 Å². The van der Waals surface area contributed by atoms with Crippen molar-refractivity contribution in [2.24, 2.45) is 5.10 Å². The minimum Gasteiger partial charge on any atom is -0.436 e. The first kappa shape index (κ1) is 20.6. The third-order valence-corrected chi connectivity index (χ3v) is 5.76. The summed E-state index contributed by atoms with van der Waals surface area (Å²) >= 11 is 5.98. The maximum absolute atomic E-state index is 12.9. The fraction of sp³-hybridized carbons (Fsp3) is 0. The van der Waals surface area contributed by atoms with Crippen LogP contribution in [0.4, 0.5) is 5.69 Å². The van der Waals surface area contributed by atoms with E-state index >= 15 is 0 Å². The smallest absolute Gasteiger partial charge is 0.276 e. The van der Waals surface area contributed by atoms with Gasteiger partial charge in [0, 0.05) is 16.1 Å². The highest BCUT2D eigenvalue weighted by Crippen LogP contribution is 2.17. The second-order valence-corrected chi connectivity index (χ2v) is 8.58. The van der Waals surface area contributed by atoms with Crippen molar-refractivity contribution in [3.05, 3.63) is 101 Å². The molecule has 0 unspecified atom stereocenters. The fourth-order valence-electron chi connectivity index (χ4n) is 2.83. The van der Waals surface area contributed by atoms with Crippen LogP contribution in [0.2, 0.25) is 5.02 Å². The molecule has 1 amide bonds. The number of hydrogen-bond acceptors (Lipinski definition) is 5. The maximum atomic E-state index is 12.9. The van der Waals surface area contributed by atoms with E-state index in [9.17, 15) is 13.2 Å². The van der Waals surface area contributed by atoms with Gasteiger partial charge in [-0.1, -0.05) is 54.1 Å².